The number of hydrogen-bond donors (Lipinski definition) is 1. The van der Waals surface area contributed by atoms with Crippen LogP contribution in [0.4, 0.5) is 0 Å². The fourth-order valence-corrected chi connectivity index (χ4v) is 3.03. The van der Waals surface area contributed by atoms with Gasteiger partial charge in [0.15, 0.2) is 0 Å². The highest BCUT2D eigenvalue weighted by molar-refractivity contribution is 5.92. The smallest absolute Gasteiger partial charge is 0.272 e. The molecule has 2 aliphatic rings. The lowest BCUT2D eigenvalue weighted by Crippen LogP contribution is -2.33. The minimum absolute atomic E-state index is 0.0599. The van der Waals surface area contributed by atoms with Crippen molar-refractivity contribution in [3.05, 3.63) is 29.6 Å². The van der Waals surface area contributed by atoms with E-state index < -0.39 is 0 Å². The first-order valence-electron chi connectivity index (χ1n) is 7.06. The van der Waals surface area contributed by atoms with Crippen molar-refractivity contribution in [2.24, 2.45) is 0 Å². The molecule has 4 rings (SSSR count). The number of aryl methyl sites for hydroxylation is 3. The lowest BCUT2D eigenvalue weighted by atomic mass is 10.1. The third kappa shape index (κ3) is 1.81. The van der Waals surface area contributed by atoms with Crippen LogP contribution in [0.25, 0.3) is 0 Å². The second-order valence-corrected chi connectivity index (χ2v) is 5.36. The van der Waals surface area contributed by atoms with Gasteiger partial charge in [0.2, 0.25) is 0 Å². The highest BCUT2D eigenvalue weighted by Crippen LogP contribution is 2.23. The summed E-state index contributed by atoms with van der Waals surface area (Å²) >= 11 is 0. The van der Waals surface area contributed by atoms with Gasteiger partial charge in [-0.25, -0.2) is 9.67 Å². The second kappa shape index (κ2) is 4.43. The van der Waals surface area contributed by atoms with E-state index in [-0.39, 0.29) is 11.9 Å². The molecular weight excluding hydrogens is 256 g/mol. The summed E-state index contributed by atoms with van der Waals surface area (Å²) in [5.41, 5.74) is 1.67. The van der Waals surface area contributed by atoms with Crippen molar-refractivity contribution in [2.75, 3.05) is 0 Å². The third-order valence-electron chi connectivity index (χ3n) is 4.02. The highest BCUT2D eigenvalue weighted by Gasteiger charge is 2.26. The molecule has 20 heavy (non-hydrogen) atoms. The Balaban J connectivity index is 1.53. The van der Waals surface area contributed by atoms with Gasteiger partial charge in [0.1, 0.15) is 17.8 Å². The highest BCUT2D eigenvalue weighted by atomic mass is 16.2. The van der Waals surface area contributed by atoms with Gasteiger partial charge in [-0.3, -0.25) is 9.48 Å². The number of nitrogens with zero attached hydrogens (tertiary/aromatic N) is 5. The van der Waals surface area contributed by atoms with E-state index in [2.05, 4.69) is 20.5 Å². The van der Waals surface area contributed by atoms with Crippen LogP contribution in [0.1, 0.15) is 47.3 Å². The zero-order valence-corrected chi connectivity index (χ0v) is 11.1. The Morgan fingerprint density at radius 3 is 3.10 bits per heavy atom. The van der Waals surface area contributed by atoms with Crippen molar-refractivity contribution >= 4 is 5.91 Å². The molecule has 0 unspecified atom stereocenters. The molecule has 0 spiro atoms. The van der Waals surface area contributed by atoms with Gasteiger partial charge in [0, 0.05) is 18.8 Å². The van der Waals surface area contributed by atoms with Crippen LogP contribution in [0.2, 0.25) is 0 Å². The third-order valence-corrected chi connectivity index (χ3v) is 4.02. The van der Waals surface area contributed by atoms with Gasteiger partial charge in [0.05, 0.1) is 6.04 Å². The molecular formula is C13H16N6O. The van der Waals surface area contributed by atoms with Gasteiger partial charge >= 0.3 is 0 Å². The Hall–Kier alpha value is -2.18. The van der Waals surface area contributed by atoms with Gasteiger partial charge in [-0.1, -0.05) is 0 Å². The normalized spacial score (nSPS) is 20.5. The molecule has 0 saturated heterocycles. The van der Waals surface area contributed by atoms with Gasteiger partial charge in [0.25, 0.3) is 5.91 Å². The van der Waals surface area contributed by atoms with E-state index in [1.165, 1.54) is 0 Å². The Morgan fingerprint density at radius 1 is 1.30 bits per heavy atom. The van der Waals surface area contributed by atoms with Crippen LogP contribution in [0.15, 0.2) is 12.4 Å². The number of carbonyl (C=O) groups is 1. The minimum Gasteiger partial charge on any atom is -0.341 e. The molecule has 0 aliphatic carbocycles. The number of fused-ring (bicyclic) bond motifs is 2. The van der Waals surface area contributed by atoms with Crippen molar-refractivity contribution in [2.45, 2.75) is 44.8 Å². The van der Waals surface area contributed by atoms with E-state index >= 15 is 0 Å². The van der Waals surface area contributed by atoms with Crippen molar-refractivity contribution in [1.82, 2.24) is 29.9 Å². The first-order chi connectivity index (χ1) is 9.81. The van der Waals surface area contributed by atoms with E-state index in [1.807, 2.05) is 15.4 Å². The topological polar surface area (TPSA) is 77.6 Å². The summed E-state index contributed by atoms with van der Waals surface area (Å²) in [7, 11) is 0. The summed E-state index contributed by atoms with van der Waals surface area (Å²) in [5.74, 6) is 0.727. The van der Waals surface area contributed by atoms with Crippen LogP contribution in [0.5, 0.6) is 0 Å². The predicted octanol–water partition coefficient (Wildman–Crippen LogP) is 0.686. The zero-order chi connectivity index (χ0) is 13.5. The van der Waals surface area contributed by atoms with Crippen LogP contribution in [0.3, 0.4) is 0 Å². The summed E-state index contributed by atoms with van der Waals surface area (Å²) in [6.45, 7) is 1.79. The molecule has 4 heterocycles. The molecule has 2 aromatic heterocycles. The summed E-state index contributed by atoms with van der Waals surface area (Å²) in [6.07, 6.45) is 5.58. The fourth-order valence-electron chi connectivity index (χ4n) is 3.03. The average molecular weight is 272 g/mol. The Morgan fingerprint density at radius 2 is 2.20 bits per heavy atom. The average Bonchev–Trinajstić information content (AvgIpc) is 3.13. The molecule has 0 saturated carbocycles. The van der Waals surface area contributed by atoms with E-state index in [9.17, 15) is 4.79 Å². The van der Waals surface area contributed by atoms with Crippen molar-refractivity contribution in [3.8, 4) is 0 Å². The molecule has 7 nitrogen and oxygen atoms in total. The molecule has 1 atom stereocenters. The molecule has 0 aromatic carbocycles. The maximum absolute atomic E-state index is 12.3. The quantitative estimate of drug-likeness (QED) is 0.872. The Bertz CT molecular complexity index is 636. The number of nitrogens with one attached hydrogen (secondary N) is 1. The molecule has 0 radical (unpaired) electrons. The minimum atomic E-state index is -0.117. The van der Waals surface area contributed by atoms with E-state index in [0.717, 1.165) is 50.3 Å². The van der Waals surface area contributed by atoms with Crippen LogP contribution < -0.4 is 5.32 Å². The van der Waals surface area contributed by atoms with Gasteiger partial charge in [-0.2, -0.15) is 10.2 Å². The summed E-state index contributed by atoms with van der Waals surface area (Å²) in [4.78, 5) is 16.6. The standard InChI is InChI=1S/C13H16N6O/c20-13(11-7-9-3-1-5-18(9)17-11)16-10-4-2-6-19-12(10)14-8-15-19/h7-8,10H,1-6H2,(H,16,20)/t10-/m0/s1. The lowest BCUT2D eigenvalue weighted by Gasteiger charge is -2.22. The predicted molar refractivity (Wildman–Crippen MR) is 70.0 cm³/mol. The molecule has 0 bridgehead atoms. The molecule has 7 heteroatoms. The molecule has 0 fully saturated rings. The number of hydrogen-bond acceptors (Lipinski definition) is 4. The second-order valence-electron chi connectivity index (χ2n) is 5.36. The van der Waals surface area contributed by atoms with Gasteiger partial charge in [-0.05, 0) is 31.7 Å². The Labute approximate surface area is 116 Å². The van der Waals surface area contributed by atoms with E-state index in [0.29, 0.717) is 5.69 Å². The molecule has 104 valence electrons. The maximum Gasteiger partial charge on any atom is 0.272 e. The zero-order valence-electron chi connectivity index (χ0n) is 11.1. The van der Waals surface area contributed by atoms with Crippen LogP contribution in [-0.2, 0) is 19.5 Å². The Kier molecular flexibility index (Phi) is 2.58. The molecule has 1 N–H and O–H groups in total. The van der Waals surface area contributed by atoms with Crippen molar-refractivity contribution in [1.29, 1.82) is 0 Å². The van der Waals surface area contributed by atoms with Crippen molar-refractivity contribution < 1.29 is 4.79 Å². The first kappa shape index (κ1) is 11.6. The number of aromatic nitrogens is 5. The SMILES string of the molecule is O=C(N[C@H]1CCCn2ncnc21)c1cc2n(n1)CCC2. The molecule has 2 aromatic rings. The largest absolute Gasteiger partial charge is 0.341 e. The number of rotatable bonds is 2. The van der Waals surface area contributed by atoms with E-state index in [1.54, 1.807) is 6.33 Å². The van der Waals surface area contributed by atoms with Crippen LogP contribution in [-0.4, -0.2) is 30.5 Å². The van der Waals surface area contributed by atoms with Crippen molar-refractivity contribution in [3.63, 3.8) is 0 Å². The van der Waals surface area contributed by atoms with E-state index in [4.69, 9.17) is 0 Å². The maximum atomic E-state index is 12.3. The van der Waals surface area contributed by atoms with Crippen LogP contribution in [0, 0.1) is 0 Å². The fraction of sp³-hybridized carbons (Fsp3) is 0.538. The van der Waals surface area contributed by atoms with Crippen LogP contribution >= 0.6 is 0 Å². The monoisotopic (exact) mass is 272 g/mol. The van der Waals surface area contributed by atoms with Gasteiger partial charge < -0.3 is 5.32 Å². The number of carbonyl (C=O) groups excluding carboxylic acids is 1. The first-order valence-corrected chi connectivity index (χ1v) is 7.06. The molecule has 1 amide bonds. The summed E-state index contributed by atoms with van der Waals surface area (Å²) in [5, 5.41) is 11.6. The van der Waals surface area contributed by atoms with Gasteiger partial charge in [-0.15, -0.1) is 0 Å². The molecule has 2 aliphatic heterocycles. The number of amides is 1. The summed E-state index contributed by atoms with van der Waals surface area (Å²) in [6, 6.07) is 1.84. The summed E-state index contributed by atoms with van der Waals surface area (Å²) < 4.78 is 3.79. The lowest BCUT2D eigenvalue weighted by molar-refractivity contribution is 0.0921.